The van der Waals surface area contributed by atoms with Crippen molar-refractivity contribution in [1.29, 1.82) is 0 Å². The molecule has 3 N–H and O–H groups in total. The van der Waals surface area contributed by atoms with E-state index in [1.807, 2.05) is 31.2 Å². The Morgan fingerprint density at radius 3 is 3.00 bits per heavy atom. The Morgan fingerprint density at radius 1 is 1.43 bits per heavy atom. The van der Waals surface area contributed by atoms with Gasteiger partial charge >= 0.3 is 0 Å². The van der Waals surface area contributed by atoms with Gasteiger partial charge in [0, 0.05) is 6.54 Å². The van der Waals surface area contributed by atoms with Crippen molar-refractivity contribution in [2.24, 2.45) is 0 Å². The Labute approximate surface area is 125 Å². The zero-order chi connectivity index (χ0) is 14.8. The number of amides is 1. The number of carbonyl (C=O) groups excluding carboxylic acids is 1. The van der Waals surface area contributed by atoms with Gasteiger partial charge in [-0.15, -0.1) is 0 Å². The summed E-state index contributed by atoms with van der Waals surface area (Å²) >= 11 is 1.49. The molecular formula is C14H15N5OS. The highest BCUT2D eigenvalue weighted by Gasteiger charge is 2.17. The number of hydrogen-bond donors (Lipinski definition) is 2. The van der Waals surface area contributed by atoms with Crippen LogP contribution in [0.5, 0.6) is 0 Å². The standard InChI is InChI=1S/C14H15N5OS/c1-2-7-16-13(20)9-8-17-19(12(9)15)14-18-10-5-3-4-6-11(10)21-14/h3-6,8H,2,7,15H2,1H3,(H,16,20). The van der Waals surface area contributed by atoms with E-state index in [0.29, 0.717) is 23.1 Å². The van der Waals surface area contributed by atoms with E-state index in [4.69, 9.17) is 5.73 Å². The molecule has 0 spiro atoms. The number of thiazole rings is 1. The van der Waals surface area contributed by atoms with E-state index in [0.717, 1.165) is 16.6 Å². The fourth-order valence-corrected chi connectivity index (χ4v) is 2.91. The molecule has 0 unspecified atom stereocenters. The quantitative estimate of drug-likeness (QED) is 0.773. The third-order valence-corrected chi connectivity index (χ3v) is 4.06. The minimum absolute atomic E-state index is 0.207. The number of benzene rings is 1. The highest BCUT2D eigenvalue weighted by molar-refractivity contribution is 7.20. The second kappa shape index (κ2) is 5.53. The predicted molar refractivity (Wildman–Crippen MR) is 83.8 cm³/mol. The number of aromatic nitrogens is 3. The molecule has 0 atom stereocenters. The van der Waals surface area contributed by atoms with Gasteiger partial charge in [-0.2, -0.15) is 9.78 Å². The highest BCUT2D eigenvalue weighted by atomic mass is 32.1. The van der Waals surface area contributed by atoms with Crippen LogP contribution in [0.4, 0.5) is 5.82 Å². The zero-order valence-corrected chi connectivity index (χ0v) is 12.4. The van der Waals surface area contributed by atoms with E-state index in [2.05, 4.69) is 15.4 Å². The van der Waals surface area contributed by atoms with Gasteiger partial charge in [0.15, 0.2) is 0 Å². The summed E-state index contributed by atoms with van der Waals surface area (Å²) in [5.74, 6) is 0.101. The number of nitrogens with one attached hydrogen (secondary N) is 1. The van der Waals surface area contributed by atoms with Gasteiger partial charge in [-0.3, -0.25) is 4.79 Å². The smallest absolute Gasteiger partial charge is 0.256 e. The van der Waals surface area contributed by atoms with Crippen LogP contribution in [0.25, 0.3) is 15.3 Å². The number of anilines is 1. The Bertz CT molecular complexity index is 759. The summed E-state index contributed by atoms with van der Waals surface area (Å²) in [6.45, 7) is 2.61. The molecule has 0 aliphatic carbocycles. The van der Waals surface area contributed by atoms with Crippen LogP contribution >= 0.6 is 11.3 Å². The number of hydrogen-bond acceptors (Lipinski definition) is 5. The number of fused-ring (bicyclic) bond motifs is 1. The summed E-state index contributed by atoms with van der Waals surface area (Å²) in [4.78, 5) is 16.5. The normalized spacial score (nSPS) is 10.9. The second-order valence-electron chi connectivity index (χ2n) is 4.58. The minimum Gasteiger partial charge on any atom is -0.383 e. The Hall–Kier alpha value is -2.41. The molecule has 0 aliphatic heterocycles. The van der Waals surface area contributed by atoms with Crippen LogP contribution in [0.2, 0.25) is 0 Å². The van der Waals surface area contributed by atoms with Crippen molar-refractivity contribution in [3.63, 3.8) is 0 Å². The van der Waals surface area contributed by atoms with E-state index in [-0.39, 0.29) is 5.91 Å². The van der Waals surface area contributed by atoms with Crippen molar-refractivity contribution in [2.45, 2.75) is 13.3 Å². The van der Waals surface area contributed by atoms with Crippen LogP contribution in [0.1, 0.15) is 23.7 Å². The first-order valence-corrected chi connectivity index (χ1v) is 7.50. The van der Waals surface area contributed by atoms with Crippen molar-refractivity contribution in [1.82, 2.24) is 20.1 Å². The number of nitrogen functional groups attached to an aromatic ring is 1. The van der Waals surface area contributed by atoms with Gasteiger partial charge in [-0.05, 0) is 18.6 Å². The summed E-state index contributed by atoms with van der Waals surface area (Å²) in [6, 6.07) is 7.82. The summed E-state index contributed by atoms with van der Waals surface area (Å²) in [7, 11) is 0. The number of carbonyl (C=O) groups is 1. The van der Waals surface area contributed by atoms with Crippen LogP contribution in [0.15, 0.2) is 30.5 Å². The second-order valence-corrected chi connectivity index (χ2v) is 5.58. The van der Waals surface area contributed by atoms with Gasteiger partial charge in [0.05, 0.1) is 16.4 Å². The molecule has 0 bridgehead atoms. The van der Waals surface area contributed by atoms with E-state index in [9.17, 15) is 4.79 Å². The van der Waals surface area contributed by atoms with E-state index < -0.39 is 0 Å². The van der Waals surface area contributed by atoms with Crippen molar-refractivity contribution in [2.75, 3.05) is 12.3 Å². The Morgan fingerprint density at radius 2 is 2.24 bits per heavy atom. The molecule has 0 fully saturated rings. The SMILES string of the molecule is CCCNC(=O)c1cnn(-c2nc3ccccc3s2)c1N. The first kappa shape index (κ1) is 13.6. The van der Waals surface area contributed by atoms with Gasteiger partial charge in [-0.1, -0.05) is 30.4 Å². The summed E-state index contributed by atoms with van der Waals surface area (Å²) in [6.07, 6.45) is 2.35. The molecule has 0 saturated carbocycles. The molecule has 3 aromatic rings. The Kier molecular flexibility index (Phi) is 3.57. The molecular weight excluding hydrogens is 286 g/mol. The van der Waals surface area contributed by atoms with Crippen LogP contribution in [0, 0.1) is 0 Å². The lowest BCUT2D eigenvalue weighted by Gasteiger charge is -2.03. The fraction of sp³-hybridized carbons (Fsp3) is 0.214. The van der Waals surface area contributed by atoms with E-state index in [1.54, 1.807) is 0 Å². The van der Waals surface area contributed by atoms with Gasteiger partial charge in [0.1, 0.15) is 11.4 Å². The number of rotatable bonds is 4. The molecule has 2 heterocycles. The van der Waals surface area contributed by atoms with E-state index >= 15 is 0 Å². The van der Waals surface area contributed by atoms with Crippen molar-refractivity contribution in [3.8, 4) is 5.13 Å². The molecule has 1 amide bonds. The Balaban J connectivity index is 1.96. The zero-order valence-electron chi connectivity index (χ0n) is 11.5. The van der Waals surface area contributed by atoms with Crippen LogP contribution in [0.3, 0.4) is 0 Å². The molecule has 21 heavy (non-hydrogen) atoms. The third-order valence-electron chi connectivity index (χ3n) is 3.05. The maximum absolute atomic E-state index is 12.0. The third kappa shape index (κ3) is 2.47. The van der Waals surface area contributed by atoms with Gasteiger partial charge < -0.3 is 11.1 Å². The van der Waals surface area contributed by atoms with Crippen molar-refractivity contribution >= 4 is 33.3 Å². The van der Waals surface area contributed by atoms with Crippen LogP contribution < -0.4 is 11.1 Å². The van der Waals surface area contributed by atoms with Gasteiger partial charge in [0.2, 0.25) is 5.13 Å². The average Bonchev–Trinajstić information content (AvgIpc) is 3.07. The number of nitrogens with zero attached hydrogens (tertiary/aromatic N) is 3. The lowest BCUT2D eigenvalue weighted by Crippen LogP contribution is -2.24. The van der Waals surface area contributed by atoms with Crippen molar-refractivity contribution < 1.29 is 4.79 Å². The molecule has 0 radical (unpaired) electrons. The maximum Gasteiger partial charge on any atom is 0.256 e. The molecule has 0 saturated heterocycles. The summed E-state index contributed by atoms with van der Waals surface area (Å²) in [5.41, 5.74) is 7.31. The molecule has 6 nitrogen and oxygen atoms in total. The largest absolute Gasteiger partial charge is 0.383 e. The summed E-state index contributed by atoms with van der Waals surface area (Å²) in [5, 5.41) is 7.64. The monoisotopic (exact) mass is 301 g/mol. The highest BCUT2D eigenvalue weighted by Crippen LogP contribution is 2.26. The molecule has 0 aliphatic rings. The molecule has 2 aromatic heterocycles. The van der Waals surface area contributed by atoms with Crippen molar-refractivity contribution in [3.05, 3.63) is 36.0 Å². The molecule has 7 heteroatoms. The first-order chi connectivity index (χ1) is 10.2. The van der Waals surface area contributed by atoms with Crippen LogP contribution in [-0.4, -0.2) is 27.2 Å². The first-order valence-electron chi connectivity index (χ1n) is 6.68. The molecule has 108 valence electrons. The lowest BCUT2D eigenvalue weighted by molar-refractivity contribution is 0.0954. The average molecular weight is 301 g/mol. The fourth-order valence-electron chi connectivity index (χ4n) is 1.97. The topological polar surface area (TPSA) is 85.8 Å². The van der Waals surface area contributed by atoms with Gasteiger partial charge in [0.25, 0.3) is 5.91 Å². The summed E-state index contributed by atoms with van der Waals surface area (Å²) < 4.78 is 2.56. The van der Waals surface area contributed by atoms with Crippen LogP contribution in [-0.2, 0) is 0 Å². The maximum atomic E-state index is 12.0. The molecule has 3 rings (SSSR count). The van der Waals surface area contributed by atoms with E-state index in [1.165, 1.54) is 22.2 Å². The van der Waals surface area contributed by atoms with Gasteiger partial charge in [-0.25, -0.2) is 4.98 Å². The number of para-hydroxylation sites is 1. The number of nitrogens with two attached hydrogens (primary N) is 1. The predicted octanol–water partition coefficient (Wildman–Crippen LogP) is 2.20. The minimum atomic E-state index is -0.207. The lowest BCUT2D eigenvalue weighted by atomic mass is 10.3. The molecule has 1 aromatic carbocycles.